The number of piperazine rings is 1. The van der Waals surface area contributed by atoms with Gasteiger partial charge in [-0.25, -0.2) is 9.37 Å². The van der Waals surface area contributed by atoms with Crippen LogP contribution in [0.3, 0.4) is 0 Å². The van der Waals surface area contributed by atoms with E-state index >= 15 is 0 Å². The number of aromatic nitrogens is 1. The first-order chi connectivity index (χ1) is 16.9. The average molecular weight is 544 g/mol. The Morgan fingerprint density at radius 1 is 1.14 bits per heavy atom. The molecule has 2 aromatic rings. The molecule has 4 fully saturated rings. The molecule has 2 unspecified atom stereocenters. The van der Waals surface area contributed by atoms with Gasteiger partial charge in [-0.05, 0) is 60.5 Å². The summed E-state index contributed by atoms with van der Waals surface area (Å²) >= 11 is 11.6. The van der Waals surface area contributed by atoms with Crippen LogP contribution >= 0.6 is 23.2 Å². The number of benzene rings is 1. The van der Waals surface area contributed by atoms with Crippen LogP contribution in [0.2, 0.25) is 5.02 Å². The van der Waals surface area contributed by atoms with Gasteiger partial charge in [-0.2, -0.15) is 13.2 Å². The highest BCUT2D eigenvalue weighted by atomic mass is 35.5. The van der Waals surface area contributed by atoms with Crippen molar-refractivity contribution in [3.8, 4) is 0 Å². The van der Waals surface area contributed by atoms with Gasteiger partial charge in [0.25, 0.3) is 5.91 Å². The summed E-state index contributed by atoms with van der Waals surface area (Å²) in [5, 5.41) is -0.488. The van der Waals surface area contributed by atoms with Crippen molar-refractivity contribution >= 4 is 46.1 Å². The zero-order valence-corrected chi connectivity index (χ0v) is 20.1. The molecule has 2 atom stereocenters. The summed E-state index contributed by atoms with van der Waals surface area (Å²) in [6.07, 6.45) is -2.10. The Kier molecular flexibility index (Phi) is 6.02. The molecule has 6 nitrogen and oxygen atoms in total. The molecular formula is C24H19Cl2F4N3O3. The van der Waals surface area contributed by atoms with E-state index in [0.29, 0.717) is 18.4 Å². The third kappa shape index (κ3) is 4.14. The van der Waals surface area contributed by atoms with Gasteiger partial charge in [0.1, 0.15) is 12.6 Å². The molecule has 0 spiro atoms. The number of hydrogen-bond donors (Lipinski definition) is 0. The molecule has 3 saturated carbocycles. The number of carbonyl (C=O) groups excluding carboxylic acids is 3. The first kappa shape index (κ1) is 25.0. The summed E-state index contributed by atoms with van der Waals surface area (Å²) in [6.45, 7) is -0.622. The van der Waals surface area contributed by atoms with Crippen molar-refractivity contribution in [1.82, 2.24) is 9.88 Å². The zero-order chi connectivity index (χ0) is 26.0. The van der Waals surface area contributed by atoms with Crippen molar-refractivity contribution in [3.63, 3.8) is 0 Å². The SMILES string of the molecule is O=C(Cl)C1CC2(C3C(=O)N(c4ncc(Cl)cc4F)CC(=O)N3Cc3ccc(C(F)(F)F)cc3)CC1C2. The quantitative estimate of drug-likeness (QED) is 0.400. The number of amides is 2. The number of alkyl halides is 3. The molecule has 1 aromatic carbocycles. The molecule has 4 aliphatic rings. The molecular weight excluding hydrogens is 525 g/mol. The van der Waals surface area contributed by atoms with E-state index in [1.54, 1.807) is 0 Å². The summed E-state index contributed by atoms with van der Waals surface area (Å²) in [7, 11) is 0. The second-order valence-electron chi connectivity index (χ2n) is 9.65. The lowest BCUT2D eigenvalue weighted by molar-refractivity contribution is -0.152. The van der Waals surface area contributed by atoms with E-state index in [9.17, 15) is 31.9 Å². The first-order valence-corrected chi connectivity index (χ1v) is 11.9. The van der Waals surface area contributed by atoms with Crippen LogP contribution in [0.25, 0.3) is 0 Å². The standard InChI is InChI=1S/C24H19Cl2F4N3O3/c25-15-5-17(27)21(31-9-15)33-11-18(34)32(10-12-1-3-14(4-2-12)24(28,29)30)19(22(33)36)23-6-13(7-23)16(8-23)20(26)35/h1-5,9,13,16,19H,6-8,10-11H2. The Bertz CT molecular complexity index is 1250. The van der Waals surface area contributed by atoms with Gasteiger partial charge >= 0.3 is 6.18 Å². The van der Waals surface area contributed by atoms with Crippen molar-refractivity contribution in [1.29, 1.82) is 0 Å². The Balaban J connectivity index is 1.50. The molecule has 190 valence electrons. The van der Waals surface area contributed by atoms with Crippen molar-refractivity contribution in [3.05, 3.63) is 58.5 Å². The molecule has 0 N–H and O–H groups in total. The maximum absolute atomic E-state index is 14.7. The van der Waals surface area contributed by atoms with Crippen LogP contribution in [0.15, 0.2) is 36.5 Å². The Hall–Kier alpha value is -2.72. The van der Waals surface area contributed by atoms with E-state index in [-0.39, 0.29) is 29.7 Å². The first-order valence-electron chi connectivity index (χ1n) is 11.2. The number of pyridine rings is 1. The molecule has 3 aliphatic carbocycles. The molecule has 36 heavy (non-hydrogen) atoms. The molecule has 1 aliphatic heterocycles. The van der Waals surface area contributed by atoms with Gasteiger partial charge < -0.3 is 4.90 Å². The average Bonchev–Trinajstić information content (AvgIpc) is 3.34. The zero-order valence-electron chi connectivity index (χ0n) is 18.6. The molecule has 0 radical (unpaired) electrons. The van der Waals surface area contributed by atoms with Gasteiger partial charge in [0, 0.05) is 24.1 Å². The van der Waals surface area contributed by atoms with Crippen molar-refractivity contribution < 1.29 is 31.9 Å². The fourth-order valence-corrected chi connectivity index (χ4v) is 6.32. The topological polar surface area (TPSA) is 70.6 Å². The highest BCUT2D eigenvalue weighted by molar-refractivity contribution is 6.64. The van der Waals surface area contributed by atoms with Crippen LogP contribution in [0.5, 0.6) is 0 Å². The fraction of sp³-hybridized carbons (Fsp3) is 0.417. The van der Waals surface area contributed by atoms with Crippen LogP contribution in [-0.4, -0.2) is 39.5 Å². The van der Waals surface area contributed by atoms with Crippen LogP contribution in [0, 0.1) is 23.1 Å². The summed E-state index contributed by atoms with van der Waals surface area (Å²) in [5.74, 6) is -2.78. The normalized spacial score (nSPS) is 27.9. The number of anilines is 1. The summed E-state index contributed by atoms with van der Waals surface area (Å²) < 4.78 is 53.6. The minimum absolute atomic E-state index is 0.0206. The van der Waals surface area contributed by atoms with Crippen molar-refractivity contribution in [2.24, 2.45) is 17.3 Å². The number of fused-ring (bicyclic) bond motifs is 1. The van der Waals surface area contributed by atoms with Gasteiger partial charge in [0.15, 0.2) is 11.6 Å². The third-order valence-corrected chi connectivity index (χ3v) is 8.00. The predicted octanol–water partition coefficient (Wildman–Crippen LogP) is 4.82. The smallest absolute Gasteiger partial charge is 0.324 e. The van der Waals surface area contributed by atoms with E-state index in [1.807, 2.05) is 0 Å². The third-order valence-electron chi connectivity index (χ3n) is 7.51. The molecule has 1 aromatic heterocycles. The van der Waals surface area contributed by atoms with Crippen LogP contribution in [-0.2, 0) is 27.1 Å². The number of nitrogens with zero attached hydrogens (tertiary/aromatic N) is 3. The molecule has 2 bridgehead atoms. The number of rotatable bonds is 5. The van der Waals surface area contributed by atoms with E-state index in [4.69, 9.17) is 23.2 Å². The summed E-state index contributed by atoms with van der Waals surface area (Å²) in [6, 6.07) is 4.26. The van der Waals surface area contributed by atoms with E-state index in [2.05, 4.69) is 4.98 Å². The van der Waals surface area contributed by atoms with Crippen molar-refractivity contribution in [2.75, 3.05) is 11.4 Å². The number of hydrogen-bond acceptors (Lipinski definition) is 4. The van der Waals surface area contributed by atoms with Gasteiger partial charge in [0.2, 0.25) is 11.1 Å². The summed E-state index contributed by atoms with van der Waals surface area (Å²) in [5.41, 5.74) is -1.19. The van der Waals surface area contributed by atoms with Crippen LogP contribution in [0.4, 0.5) is 23.4 Å². The monoisotopic (exact) mass is 543 g/mol. The maximum Gasteiger partial charge on any atom is 0.416 e. The van der Waals surface area contributed by atoms with Crippen LogP contribution in [0.1, 0.15) is 30.4 Å². The maximum atomic E-state index is 14.7. The van der Waals surface area contributed by atoms with E-state index in [0.717, 1.165) is 29.3 Å². The Labute approximate surface area is 213 Å². The lowest BCUT2D eigenvalue weighted by Crippen LogP contribution is -2.66. The second-order valence-corrected chi connectivity index (χ2v) is 10.5. The molecule has 2 heterocycles. The minimum Gasteiger partial charge on any atom is -0.324 e. The Morgan fingerprint density at radius 2 is 1.81 bits per heavy atom. The molecule has 2 amide bonds. The van der Waals surface area contributed by atoms with Gasteiger partial charge in [0.05, 0.1) is 10.6 Å². The Morgan fingerprint density at radius 3 is 2.36 bits per heavy atom. The minimum atomic E-state index is -4.51. The largest absolute Gasteiger partial charge is 0.416 e. The predicted molar refractivity (Wildman–Crippen MR) is 121 cm³/mol. The summed E-state index contributed by atoms with van der Waals surface area (Å²) in [4.78, 5) is 45.3. The van der Waals surface area contributed by atoms with Crippen molar-refractivity contribution in [2.45, 2.75) is 38.0 Å². The fourth-order valence-electron chi connectivity index (χ4n) is 5.92. The number of halogens is 6. The number of carbonyl (C=O) groups is 3. The highest BCUT2D eigenvalue weighted by Gasteiger charge is 2.65. The van der Waals surface area contributed by atoms with E-state index in [1.165, 1.54) is 17.0 Å². The molecule has 12 heteroatoms. The lowest BCUT2D eigenvalue weighted by Gasteiger charge is -2.51. The lowest BCUT2D eigenvalue weighted by atomic mass is 9.63. The van der Waals surface area contributed by atoms with Crippen LogP contribution < -0.4 is 4.90 Å². The second kappa shape index (κ2) is 8.69. The highest BCUT2D eigenvalue weighted by Crippen LogP contribution is 2.65. The van der Waals surface area contributed by atoms with Gasteiger partial charge in [-0.15, -0.1) is 0 Å². The van der Waals surface area contributed by atoms with E-state index < -0.39 is 58.5 Å². The van der Waals surface area contributed by atoms with Gasteiger partial charge in [-0.1, -0.05) is 23.7 Å². The molecule has 1 saturated heterocycles. The van der Waals surface area contributed by atoms with Gasteiger partial charge in [-0.3, -0.25) is 19.3 Å². The molecule has 6 rings (SSSR count).